The predicted octanol–water partition coefficient (Wildman–Crippen LogP) is 2.33. The summed E-state index contributed by atoms with van der Waals surface area (Å²) in [6, 6.07) is 0.616. The van der Waals surface area contributed by atoms with Gasteiger partial charge in [-0.25, -0.2) is 0 Å². The van der Waals surface area contributed by atoms with Crippen molar-refractivity contribution in [2.45, 2.75) is 50.9 Å². The molecule has 0 amide bonds. The topological polar surface area (TPSA) is 18.5 Å². The fourth-order valence-electron chi connectivity index (χ4n) is 2.83. The number of piperazine rings is 1. The molecule has 1 aliphatic rings. The molecule has 1 aliphatic heterocycles. The van der Waals surface area contributed by atoms with Gasteiger partial charge in [0, 0.05) is 38.1 Å². The minimum atomic E-state index is -4.03. The molecule has 1 rings (SSSR count). The average Bonchev–Trinajstić information content (AvgIpc) is 2.32. The number of rotatable bonds is 7. The molecule has 0 radical (unpaired) electrons. The van der Waals surface area contributed by atoms with Crippen LogP contribution in [0.25, 0.3) is 0 Å². The Morgan fingerprint density at radius 1 is 1.25 bits per heavy atom. The number of halogens is 3. The SMILES string of the molecule is CCNC(CCCC(F)(F)F)CC1CN(C)CCN1C. The summed E-state index contributed by atoms with van der Waals surface area (Å²) in [5.74, 6) is 0. The summed E-state index contributed by atoms with van der Waals surface area (Å²) in [4.78, 5) is 4.62. The van der Waals surface area contributed by atoms with Gasteiger partial charge in [0.1, 0.15) is 0 Å². The molecule has 0 aromatic heterocycles. The Kier molecular flexibility index (Phi) is 7.26. The molecular formula is C14H28F3N3. The van der Waals surface area contributed by atoms with Crippen molar-refractivity contribution in [2.75, 3.05) is 40.3 Å². The standard InChI is InChI=1S/C14H28F3N3/c1-4-18-12(6-5-7-14(15,16)17)10-13-11-19(2)8-9-20(13)3/h12-13,18H,4-11H2,1-3H3. The van der Waals surface area contributed by atoms with Crippen LogP contribution in [0.4, 0.5) is 13.2 Å². The maximum atomic E-state index is 12.2. The lowest BCUT2D eigenvalue weighted by atomic mass is 9.99. The summed E-state index contributed by atoms with van der Waals surface area (Å²) in [5, 5.41) is 3.34. The molecule has 1 fully saturated rings. The highest BCUT2D eigenvalue weighted by Gasteiger charge is 2.28. The molecule has 120 valence electrons. The van der Waals surface area contributed by atoms with Gasteiger partial charge in [-0.2, -0.15) is 13.2 Å². The number of nitrogens with one attached hydrogen (secondary N) is 1. The quantitative estimate of drug-likeness (QED) is 0.778. The number of hydrogen-bond donors (Lipinski definition) is 1. The third-order valence-electron chi connectivity index (χ3n) is 4.04. The van der Waals surface area contributed by atoms with Crippen LogP contribution in [0.3, 0.4) is 0 Å². The normalized spacial score (nSPS) is 24.0. The van der Waals surface area contributed by atoms with E-state index in [-0.39, 0.29) is 12.5 Å². The highest BCUT2D eigenvalue weighted by atomic mass is 19.4. The third-order valence-corrected chi connectivity index (χ3v) is 4.04. The van der Waals surface area contributed by atoms with Crippen LogP contribution < -0.4 is 5.32 Å². The highest BCUT2D eigenvalue weighted by Crippen LogP contribution is 2.24. The first kappa shape index (κ1) is 17.7. The van der Waals surface area contributed by atoms with Crippen molar-refractivity contribution in [3.63, 3.8) is 0 Å². The van der Waals surface area contributed by atoms with E-state index in [0.29, 0.717) is 12.5 Å². The molecule has 0 aromatic carbocycles. The van der Waals surface area contributed by atoms with E-state index >= 15 is 0 Å². The first-order valence-corrected chi connectivity index (χ1v) is 7.50. The zero-order chi connectivity index (χ0) is 15.2. The first-order valence-electron chi connectivity index (χ1n) is 7.50. The highest BCUT2D eigenvalue weighted by molar-refractivity contribution is 4.83. The Morgan fingerprint density at radius 3 is 2.55 bits per heavy atom. The summed E-state index contributed by atoms with van der Waals surface area (Å²) < 4.78 is 36.7. The van der Waals surface area contributed by atoms with E-state index in [2.05, 4.69) is 29.2 Å². The third kappa shape index (κ3) is 6.90. The van der Waals surface area contributed by atoms with Crippen molar-refractivity contribution in [3.8, 4) is 0 Å². The van der Waals surface area contributed by atoms with Crippen molar-refractivity contribution < 1.29 is 13.2 Å². The lowest BCUT2D eigenvalue weighted by Crippen LogP contribution is -2.52. The monoisotopic (exact) mass is 295 g/mol. The zero-order valence-corrected chi connectivity index (χ0v) is 12.8. The van der Waals surface area contributed by atoms with Crippen LogP contribution in [-0.2, 0) is 0 Å². The second-order valence-corrected chi connectivity index (χ2v) is 5.89. The van der Waals surface area contributed by atoms with Crippen LogP contribution in [0.15, 0.2) is 0 Å². The lowest BCUT2D eigenvalue weighted by Gasteiger charge is -2.39. The van der Waals surface area contributed by atoms with Crippen LogP contribution in [0.2, 0.25) is 0 Å². The fourth-order valence-corrected chi connectivity index (χ4v) is 2.83. The summed E-state index contributed by atoms with van der Waals surface area (Å²) in [5.41, 5.74) is 0. The minimum Gasteiger partial charge on any atom is -0.314 e. The Balaban J connectivity index is 2.40. The van der Waals surface area contributed by atoms with Crippen LogP contribution in [0.1, 0.15) is 32.6 Å². The van der Waals surface area contributed by atoms with Gasteiger partial charge in [-0.3, -0.25) is 0 Å². The zero-order valence-electron chi connectivity index (χ0n) is 12.8. The summed E-state index contributed by atoms with van der Waals surface area (Å²) in [6.07, 6.45) is -2.96. The van der Waals surface area contributed by atoms with Crippen LogP contribution in [0.5, 0.6) is 0 Å². The largest absolute Gasteiger partial charge is 0.389 e. The minimum absolute atomic E-state index is 0.182. The smallest absolute Gasteiger partial charge is 0.314 e. The van der Waals surface area contributed by atoms with Gasteiger partial charge in [0.2, 0.25) is 0 Å². The van der Waals surface area contributed by atoms with Crippen molar-refractivity contribution in [3.05, 3.63) is 0 Å². The van der Waals surface area contributed by atoms with Gasteiger partial charge in [0.25, 0.3) is 0 Å². The molecule has 1 heterocycles. The maximum absolute atomic E-state index is 12.2. The van der Waals surface area contributed by atoms with Crippen molar-refractivity contribution in [2.24, 2.45) is 0 Å². The molecule has 0 aliphatic carbocycles. The Morgan fingerprint density at radius 2 is 1.95 bits per heavy atom. The molecule has 6 heteroatoms. The van der Waals surface area contributed by atoms with E-state index in [0.717, 1.165) is 32.6 Å². The molecule has 20 heavy (non-hydrogen) atoms. The Hall–Kier alpha value is -0.330. The first-order chi connectivity index (χ1) is 9.31. The summed E-state index contributed by atoms with van der Waals surface area (Å²) >= 11 is 0. The molecule has 0 bridgehead atoms. The van der Waals surface area contributed by atoms with Crippen LogP contribution in [-0.4, -0.2) is 68.3 Å². The van der Waals surface area contributed by atoms with E-state index in [4.69, 9.17) is 0 Å². The second kappa shape index (κ2) is 8.20. The average molecular weight is 295 g/mol. The van der Waals surface area contributed by atoms with Crippen molar-refractivity contribution >= 4 is 0 Å². The lowest BCUT2D eigenvalue weighted by molar-refractivity contribution is -0.135. The molecule has 0 saturated carbocycles. The van der Waals surface area contributed by atoms with Gasteiger partial charge in [0.15, 0.2) is 0 Å². The Labute approximate surface area is 120 Å². The van der Waals surface area contributed by atoms with Gasteiger partial charge in [-0.05, 0) is 39.9 Å². The molecule has 2 atom stereocenters. The molecule has 1 N–H and O–H groups in total. The van der Waals surface area contributed by atoms with Crippen molar-refractivity contribution in [1.29, 1.82) is 0 Å². The van der Waals surface area contributed by atoms with Gasteiger partial charge in [-0.1, -0.05) is 6.92 Å². The van der Waals surface area contributed by atoms with Crippen LogP contribution in [0, 0.1) is 0 Å². The summed E-state index contributed by atoms with van der Waals surface area (Å²) in [7, 11) is 4.21. The predicted molar refractivity (Wildman–Crippen MR) is 75.9 cm³/mol. The molecule has 3 nitrogen and oxygen atoms in total. The Bertz CT molecular complexity index is 271. The molecular weight excluding hydrogens is 267 g/mol. The van der Waals surface area contributed by atoms with E-state index in [1.54, 1.807) is 0 Å². The number of hydrogen-bond acceptors (Lipinski definition) is 3. The van der Waals surface area contributed by atoms with Crippen LogP contribution >= 0.6 is 0 Å². The number of nitrogens with zero attached hydrogens (tertiary/aromatic N) is 2. The number of alkyl halides is 3. The molecule has 0 aromatic rings. The van der Waals surface area contributed by atoms with E-state index in [1.165, 1.54) is 0 Å². The molecule has 0 spiro atoms. The molecule has 1 saturated heterocycles. The van der Waals surface area contributed by atoms with Gasteiger partial charge < -0.3 is 15.1 Å². The maximum Gasteiger partial charge on any atom is 0.389 e. The summed E-state index contributed by atoms with van der Waals surface area (Å²) in [6.45, 7) is 5.91. The number of likely N-dealkylation sites (N-methyl/N-ethyl adjacent to an activating group) is 2. The van der Waals surface area contributed by atoms with Crippen molar-refractivity contribution in [1.82, 2.24) is 15.1 Å². The second-order valence-electron chi connectivity index (χ2n) is 5.89. The fraction of sp³-hybridized carbons (Fsp3) is 1.00. The van der Waals surface area contributed by atoms with Gasteiger partial charge in [-0.15, -0.1) is 0 Å². The van der Waals surface area contributed by atoms with E-state index < -0.39 is 12.6 Å². The van der Waals surface area contributed by atoms with E-state index in [9.17, 15) is 13.2 Å². The molecule has 2 unspecified atom stereocenters. The van der Waals surface area contributed by atoms with E-state index in [1.807, 2.05) is 6.92 Å². The van der Waals surface area contributed by atoms with Gasteiger partial charge >= 0.3 is 6.18 Å². The van der Waals surface area contributed by atoms with Gasteiger partial charge in [0.05, 0.1) is 0 Å².